The van der Waals surface area contributed by atoms with Crippen LogP contribution in [0, 0.1) is 6.92 Å². The molecule has 3 heteroatoms. The molecule has 0 atom stereocenters. The number of aromatic nitrogens is 1. The van der Waals surface area contributed by atoms with Gasteiger partial charge < -0.3 is 10.2 Å². The summed E-state index contributed by atoms with van der Waals surface area (Å²) in [6.45, 7) is 6.42. The third-order valence-corrected chi connectivity index (χ3v) is 3.83. The summed E-state index contributed by atoms with van der Waals surface area (Å²) < 4.78 is 0. The molecule has 2 rings (SSSR count). The highest BCUT2D eigenvalue weighted by Gasteiger charge is 2.20. The fraction of sp³-hybridized carbons (Fsp3) is 0.688. The molecule has 1 heterocycles. The van der Waals surface area contributed by atoms with Gasteiger partial charge >= 0.3 is 0 Å². The average molecular weight is 261 g/mol. The van der Waals surface area contributed by atoms with Crippen LogP contribution in [0.5, 0.6) is 0 Å². The zero-order valence-corrected chi connectivity index (χ0v) is 12.6. The maximum absolute atomic E-state index is 4.74. The van der Waals surface area contributed by atoms with E-state index in [0.717, 1.165) is 30.6 Å². The van der Waals surface area contributed by atoms with Gasteiger partial charge in [-0.3, -0.25) is 0 Å². The standard InChI is InChI=1S/C16H27N3/c1-4-5-6-11-19(3)16-10-7-14(13(2)18-16)12-17-15-8-9-15/h7,10,15,17H,4-6,8-9,11-12H2,1-3H3. The molecular weight excluding hydrogens is 234 g/mol. The zero-order valence-electron chi connectivity index (χ0n) is 12.6. The van der Waals surface area contributed by atoms with Crippen LogP contribution >= 0.6 is 0 Å². The molecule has 0 unspecified atom stereocenters. The molecule has 0 amide bonds. The third kappa shape index (κ3) is 4.50. The first kappa shape index (κ1) is 14.3. The van der Waals surface area contributed by atoms with E-state index in [1.54, 1.807) is 0 Å². The first-order valence-electron chi connectivity index (χ1n) is 7.61. The van der Waals surface area contributed by atoms with Gasteiger partial charge in [-0.1, -0.05) is 25.8 Å². The SMILES string of the molecule is CCCCCN(C)c1ccc(CNC2CC2)c(C)n1. The summed E-state index contributed by atoms with van der Waals surface area (Å²) in [6.07, 6.45) is 6.49. The van der Waals surface area contributed by atoms with Crippen molar-refractivity contribution in [2.45, 2.75) is 58.5 Å². The Morgan fingerprint density at radius 3 is 2.74 bits per heavy atom. The fourth-order valence-corrected chi connectivity index (χ4v) is 2.23. The van der Waals surface area contributed by atoms with Gasteiger partial charge in [-0.25, -0.2) is 4.98 Å². The molecule has 1 saturated carbocycles. The Morgan fingerprint density at radius 1 is 1.32 bits per heavy atom. The normalized spacial score (nSPS) is 14.7. The summed E-state index contributed by atoms with van der Waals surface area (Å²) in [4.78, 5) is 7.00. The molecule has 0 radical (unpaired) electrons. The lowest BCUT2D eigenvalue weighted by Crippen LogP contribution is -2.21. The Labute approximate surface area is 117 Å². The van der Waals surface area contributed by atoms with Crippen molar-refractivity contribution in [3.05, 3.63) is 23.4 Å². The number of nitrogens with zero attached hydrogens (tertiary/aromatic N) is 2. The minimum absolute atomic E-state index is 0.760. The van der Waals surface area contributed by atoms with Gasteiger partial charge in [0.25, 0.3) is 0 Å². The van der Waals surface area contributed by atoms with E-state index in [1.165, 1.54) is 37.7 Å². The molecule has 106 valence electrons. The number of nitrogens with one attached hydrogen (secondary N) is 1. The molecule has 0 saturated heterocycles. The van der Waals surface area contributed by atoms with Crippen molar-refractivity contribution in [3.63, 3.8) is 0 Å². The lowest BCUT2D eigenvalue weighted by atomic mass is 10.2. The van der Waals surface area contributed by atoms with Gasteiger partial charge in [0.15, 0.2) is 0 Å². The summed E-state index contributed by atoms with van der Waals surface area (Å²) in [5, 5.41) is 3.55. The average Bonchev–Trinajstić information content (AvgIpc) is 3.21. The van der Waals surface area contributed by atoms with Gasteiger partial charge in [-0.15, -0.1) is 0 Å². The number of anilines is 1. The summed E-state index contributed by atoms with van der Waals surface area (Å²) in [5.74, 6) is 1.10. The molecule has 1 aliphatic carbocycles. The van der Waals surface area contributed by atoms with E-state index >= 15 is 0 Å². The van der Waals surface area contributed by atoms with Crippen LogP contribution in [-0.4, -0.2) is 24.6 Å². The molecule has 1 fully saturated rings. The van der Waals surface area contributed by atoms with E-state index < -0.39 is 0 Å². The van der Waals surface area contributed by atoms with E-state index in [9.17, 15) is 0 Å². The van der Waals surface area contributed by atoms with E-state index in [0.29, 0.717) is 0 Å². The Kier molecular flexibility index (Phi) is 5.20. The highest BCUT2D eigenvalue weighted by atomic mass is 15.2. The predicted octanol–water partition coefficient (Wildman–Crippen LogP) is 3.27. The van der Waals surface area contributed by atoms with Gasteiger partial charge in [-0.05, 0) is 37.8 Å². The summed E-state index contributed by atoms with van der Waals surface area (Å²) >= 11 is 0. The Bertz CT molecular complexity index is 399. The number of unbranched alkanes of at least 4 members (excludes halogenated alkanes) is 2. The second kappa shape index (κ2) is 6.90. The molecule has 3 nitrogen and oxygen atoms in total. The van der Waals surface area contributed by atoms with Crippen LogP contribution in [0.3, 0.4) is 0 Å². The highest BCUT2D eigenvalue weighted by molar-refractivity contribution is 5.40. The maximum Gasteiger partial charge on any atom is 0.128 e. The lowest BCUT2D eigenvalue weighted by Gasteiger charge is -2.19. The van der Waals surface area contributed by atoms with E-state index in [2.05, 4.69) is 43.2 Å². The van der Waals surface area contributed by atoms with Gasteiger partial charge in [0, 0.05) is 31.9 Å². The van der Waals surface area contributed by atoms with Crippen molar-refractivity contribution in [2.75, 3.05) is 18.5 Å². The van der Waals surface area contributed by atoms with Gasteiger partial charge in [0.05, 0.1) is 0 Å². The van der Waals surface area contributed by atoms with Gasteiger partial charge in [-0.2, -0.15) is 0 Å². The van der Waals surface area contributed by atoms with E-state index in [-0.39, 0.29) is 0 Å². The molecule has 0 aromatic carbocycles. The van der Waals surface area contributed by atoms with E-state index in [4.69, 9.17) is 4.98 Å². The summed E-state index contributed by atoms with van der Waals surface area (Å²) in [6, 6.07) is 5.14. The first-order valence-corrected chi connectivity index (χ1v) is 7.61. The molecular formula is C16H27N3. The van der Waals surface area contributed by atoms with Crippen molar-refractivity contribution in [1.82, 2.24) is 10.3 Å². The van der Waals surface area contributed by atoms with Crippen LogP contribution in [0.2, 0.25) is 0 Å². The second-order valence-electron chi connectivity index (χ2n) is 5.70. The van der Waals surface area contributed by atoms with Crippen LogP contribution in [-0.2, 0) is 6.54 Å². The minimum Gasteiger partial charge on any atom is -0.360 e. The quantitative estimate of drug-likeness (QED) is 0.728. The van der Waals surface area contributed by atoms with Crippen LogP contribution in [0.4, 0.5) is 5.82 Å². The van der Waals surface area contributed by atoms with Crippen molar-refractivity contribution in [3.8, 4) is 0 Å². The third-order valence-electron chi connectivity index (χ3n) is 3.83. The molecule has 1 N–H and O–H groups in total. The fourth-order valence-electron chi connectivity index (χ4n) is 2.23. The molecule has 1 aromatic heterocycles. The summed E-state index contributed by atoms with van der Waals surface area (Å²) in [7, 11) is 2.14. The molecule has 0 bridgehead atoms. The monoisotopic (exact) mass is 261 g/mol. The topological polar surface area (TPSA) is 28.2 Å². The van der Waals surface area contributed by atoms with Crippen molar-refractivity contribution < 1.29 is 0 Å². The molecule has 0 aliphatic heterocycles. The number of aryl methyl sites for hydroxylation is 1. The molecule has 19 heavy (non-hydrogen) atoms. The number of hydrogen-bond donors (Lipinski definition) is 1. The number of rotatable bonds is 8. The smallest absolute Gasteiger partial charge is 0.128 e. The van der Waals surface area contributed by atoms with Crippen LogP contribution < -0.4 is 10.2 Å². The number of pyridine rings is 1. The summed E-state index contributed by atoms with van der Waals surface area (Å²) in [5.41, 5.74) is 2.49. The van der Waals surface area contributed by atoms with Crippen molar-refractivity contribution in [1.29, 1.82) is 0 Å². The zero-order chi connectivity index (χ0) is 13.7. The second-order valence-corrected chi connectivity index (χ2v) is 5.70. The Hall–Kier alpha value is -1.09. The predicted molar refractivity (Wildman–Crippen MR) is 81.6 cm³/mol. The Balaban J connectivity index is 1.88. The van der Waals surface area contributed by atoms with Crippen LogP contribution in [0.1, 0.15) is 50.3 Å². The largest absolute Gasteiger partial charge is 0.360 e. The molecule has 0 spiro atoms. The lowest BCUT2D eigenvalue weighted by molar-refractivity contribution is 0.679. The molecule has 1 aliphatic rings. The van der Waals surface area contributed by atoms with Crippen molar-refractivity contribution >= 4 is 5.82 Å². The van der Waals surface area contributed by atoms with Crippen LogP contribution in [0.15, 0.2) is 12.1 Å². The molecule has 1 aromatic rings. The highest BCUT2D eigenvalue weighted by Crippen LogP contribution is 2.20. The van der Waals surface area contributed by atoms with Gasteiger partial charge in [0.2, 0.25) is 0 Å². The minimum atomic E-state index is 0.760. The van der Waals surface area contributed by atoms with Crippen molar-refractivity contribution in [2.24, 2.45) is 0 Å². The van der Waals surface area contributed by atoms with Gasteiger partial charge in [0.1, 0.15) is 5.82 Å². The van der Waals surface area contributed by atoms with Crippen LogP contribution in [0.25, 0.3) is 0 Å². The number of hydrogen-bond acceptors (Lipinski definition) is 3. The Morgan fingerprint density at radius 2 is 2.11 bits per heavy atom. The maximum atomic E-state index is 4.74. The van der Waals surface area contributed by atoms with E-state index in [1.807, 2.05) is 0 Å². The first-order chi connectivity index (χ1) is 9.20.